The van der Waals surface area contributed by atoms with Crippen LogP contribution in [0.25, 0.3) is 0 Å². The number of unbranched alkanes of at least 4 members (excludes halogenated alkanes) is 2. The van der Waals surface area contributed by atoms with Crippen LogP contribution in [-0.4, -0.2) is 11.1 Å². The molecule has 4 atom stereocenters. The fourth-order valence-corrected chi connectivity index (χ4v) is 89.5. The van der Waals surface area contributed by atoms with Gasteiger partial charge in [-0.25, -0.2) is 0 Å². The summed E-state index contributed by atoms with van der Waals surface area (Å²) < 4.78 is 7.56. The van der Waals surface area contributed by atoms with E-state index in [0.717, 1.165) is 11.1 Å². The first-order chi connectivity index (χ1) is 8.11. The summed E-state index contributed by atoms with van der Waals surface area (Å²) in [5, 5.41) is 0. The fourth-order valence-electron chi connectivity index (χ4n) is 16.9. The second-order valence-electron chi connectivity index (χ2n) is 11.2. The van der Waals surface area contributed by atoms with E-state index in [1.165, 1.54) is 62.6 Å². The van der Waals surface area contributed by atoms with Gasteiger partial charge in [0.25, 0.3) is 0 Å². The van der Waals surface area contributed by atoms with Gasteiger partial charge in [0.15, 0.2) is 0 Å². The molecule has 1 nitrogen and oxygen atoms in total. The number of rotatable bonds is 5. The predicted molar refractivity (Wildman–Crippen MR) is 62.0 cm³/mol. The zero-order chi connectivity index (χ0) is 10.5. The minimum atomic E-state index is -2.83. The molecular weight excluding hydrogens is 252 g/mol. The van der Waals surface area contributed by atoms with Crippen LogP contribution in [0, 0.1) is 0 Å². The minimum absolute atomic E-state index is 0.743. The van der Waals surface area contributed by atoms with Crippen molar-refractivity contribution in [2.24, 2.45) is 0 Å². The van der Waals surface area contributed by atoms with Crippen LogP contribution in [0.2, 0.25) is 43.3 Å². The summed E-state index contributed by atoms with van der Waals surface area (Å²) in [5.41, 5.74) is 0. The van der Waals surface area contributed by atoms with Gasteiger partial charge in [-0.2, -0.15) is 0 Å². The standard InChI is InChI=1S/C10H15O.C5H5.Fe/c1-2-3-6-9-11-10-7-4-5-8-10;1-2-4-5-3-1;/h4-5,7-8H,2-3,6,9H2,1H3;1-5H;. The average molecular weight is 272 g/mol. The Hall–Kier alpha value is 0.479. The van der Waals surface area contributed by atoms with Crippen molar-refractivity contribution < 1.29 is 11.2 Å². The van der Waals surface area contributed by atoms with E-state index in [9.17, 15) is 0 Å². The van der Waals surface area contributed by atoms with Crippen molar-refractivity contribution >= 4 is 0 Å². The SMILES string of the molecule is CCCCCO[C]12[CH]3[CH]4[CH]5[CH]1[Fe]45321678[CH]2[CH]1[CH]6[CH]7[CH]28. The van der Waals surface area contributed by atoms with E-state index < -0.39 is 6.51 Å². The molecule has 1 spiro atoms. The normalized spacial score (nSPS) is 119. The van der Waals surface area contributed by atoms with E-state index in [-0.39, 0.29) is 0 Å². The third kappa shape index (κ3) is 0.0711. The molecular formula is C15H20FeO. The van der Waals surface area contributed by atoms with Crippen LogP contribution in [0.4, 0.5) is 0 Å². The first-order valence-corrected chi connectivity index (χ1v) is 14.2. The van der Waals surface area contributed by atoms with Crippen molar-refractivity contribution in [3.63, 3.8) is 0 Å². The first kappa shape index (κ1) is 6.77. The molecule has 0 aromatic heterocycles. The van der Waals surface area contributed by atoms with E-state index >= 15 is 0 Å². The molecule has 0 amide bonds. The van der Waals surface area contributed by atoms with E-state index in [4.69, 9.17) is 4.74 Å². The molecule has 10 aliphatic rings. The molecule has 10 rings (SSSR count). The molecule has 0 aromatic carbocycles. The van der Waals surface area contributed by atoms with Crippen molar-refractivity contribution in [1.82, 2.24) is 0 Å². The fraction of sp³-hybridized carbons (Fsp3) is 1.00. The Morgan fingerprint density at radius 3 is 1.82 bits per heavy atom. The number of hydrogen-bond acceptors (Lipinski definition) is 1. The van der Waals surface area contributed by atoms with Crippen molar-refractivity contribution in [3.8, 4) is 0 Å². The van der Waals surface area contributed by atoms with Gasteiger partial charge in [0.05, 0.1) is 0 Å². The summed E-state index contributed by atoms with van der Waals surface area (Å²) >= 11 is 0. The van der Waals surface area contributed by atoms with Crippen molar-refractivity contribution in [3.05, 3.63) is 0 Å². The van der Waals surface area contributed by atoms with Crippen LogP contribution < -0.4 is 0 Å². The molecule has 0 saturated carbocycles. The van der Waals surface area contributed by atoms with E-state index in [1.807, 2.05) is 0 Å². The summed E-state index contributed by atoms with van der Waals surface area (Å²) in [6.07, 6.45) is 4.10. The quantitative estimate of drug-likeness (QED) is 0.529. The van der Waals surface area contributed by atoms with Gasteiger partial charge in [0.1, 0.15) is 0 Å². The monoisotopic (exact) mass is 272 g/mol. The van der Waals surface area contributed by atoms with Crippen molar-refractivity contribution in [2.75, 3.05) is 6.61 Å². The summed E-state index contributed by atoms with van der Waals surface area (Å²) in [6, 6.07) is 0. The molecule has 17 heavy (non-hydrogen) atoms. The van der Waals surface area contributed by atoms with Gasteiger partial charge in [-0.05, 0) is 0 Å². The second kappa shape index (κ2) is 0.567. The average Bonchev–Trinajstić information content (AvgIpc) is 3.27. The topological polar surface area (TPSA) is 9.23 Å². The van der Waals surface area contributed by atoms with Gasteiger partial charge in [0.2, 0.25) is 0 Å². The van der Waals surface area contributed by atoms with Gasteiger partial charge in [-0.3, -0.25) is 0 Å². The summed E-state index contributed by atoms with van der Waals surface area (Å²) in [7, 11) is 0. The van der Waals surface area contributed by atoms with Gasteiger partial charge in [0, 0.05) is 0 Å². The number of hydrogen-bond donors (Lipinski definition) is 0. The molecule has 0 aromatic rings. The maximum atomic E-state index is 6.82. The first-order valence-electron chi connectivity index (χ1n) is 7.96. The summed E-state index contributed by atoms with van der Waals surface area (Å²) in [5.74, 6) is 0. The molecule has 0 bridgehead atoms. The van der Waals surface area contributed by atoms with E-state index in [2.05, 4.69) is 6.92 Å². The van der Waals surface area contributed by atoms with Crippen LogP contribution in [0.15, 0.2) is 0 Å². The Labute approximate surface area is 91.9 Å². The Morgan fingerprint density at radius 1 is 0.882 bits per heavy atom. The second-order valence-corrected chi connectivity index (χ2v) is 34.7. The Kier molecular flexibility index (Phi) is 0.226. The Bertz CT molecular complexity index is 833. The molecule has 2 heteroatoms. The summed E-state index contributed by atoms with van der Waals surface area (Å²) in [6.45, 7) is 0.635. The number of ether oxygens (including phenoxy) is 1. The van der Waals surface area contributed by atoms with Gasteiger partial charge >= 0.3 is 91.9 Å². The molecule has 10 fully saturated rings. The van der Waals surface area contributed by atoms with Crippen LogP contribution in [0.3, 0.4) is 0 Å². The molecule has 0 aliphatic carbocycles. The molecule has 4 unspecified atom stereocenters. The van der Waals surface area contributed by atoms with Crippen LogP contribution in [-0.2, 0) is 11.2 Å². The molecule has 10 heterocycles. The van der Waals surface area contributed by atoms with E-state index in [1.54, 1.807) is 0 Å². The zero-order valence-corrected chi connectivity index (χ0v) is 11.4. The third-order valence-corrected chi connectivity index (χ3v) is 57.5. The van der Waals surface area contributed by atoms with Crippen molar-refractivity contribution in [2.45, 2.75) is 74.0 Å². The van der Waals surface area contributed by atoms with Gasteiger partial charge in [-0.15, -0.1) is 0 Å². The predicted octanol–water partition coefficient (Wildman–Crippen LogP) is 4.49. The maximum absolute atomic E-state index is 6.82. The van der Waals surface area contributed by atoms with Crippen LogP contribution in [0.5, 0.6) is 0 Å². The van der Waals surface area contributed by atoms with Gasteiger partial charge in [-0.1, -0.05) is 0 Å². The van der Waals surface area contributed by atoms with Crippen LogP contribution >= 0.6 is 0 Å². The molecule has 10 saturated heterocycles. The molecule has 10 aliphatic heterocycles. The van der Waals surface area contributed by atoms with Crippen molar-refractivity contribution in [1.29, 1.82) is 0 Å². The molecule has 0 N–H and O–H groups in total. The third-order valence-electron chi connectivity index (χ3n) is 15.6. The Morgan fingerprint density at radius 2 is 1.47 bits per heavy atom. The molecule has 0 radical (unpaired) electrons. The Balaban J connectivity index is 1.31. The zero-order valence-electron chi connectivity index (χ0n) is 10.3. The van der Waals surface area contributed by atoms with Gasteiger partial charge < -0.3 is 0 Å². The van der Waals surface area contributed by atoms with E-state index in [0.29, 0.717) is 0 Å². The van der Waals surface area contributed by atoms with Crippen LogP contribution in [0.1, 0.15) is 26.2 Å². The summed E-state index contributed by atoms with van der Waals surface area (Å²) in [4.78, 5) is 12.8. The molecule has 94 valence electrons. The number of fused-ring (bicyclic) bond motifs is 10.